The van der Waals surface area contributed by atoms with Crippen molar-refractivity contribution in [2.45, 2.75) is 38.6 Å². The van der Waals surface area contributed by atoms with Gasteiger partial charge in [0.05, 0.1) is 4.90 Å². The molecule has 0 saturated heterocycles. The lowest BCUT2D eigenvalue weighted by Crippen LogP contribution is -2.32. The number of rotatable bonds is 4. The van der Waals surface area contributed by atoms with Crippen LogP contribution in [-0.2, 0) is 10.0 Å². The van der Waals surface area contributed by atoms with E-state index < -0.39 is 10.0 Å². The molecule has 0 aliphatic heterocycles. The van der Waals surface area contributed by atoms with E-state index in [0.29, 0.717) is 11.3 Å². The maximum Gasteiger partial charge on any atom is 0.241 e. The zero-order chi connectivity index (χ0) is 14.1. The van der Waals surface area contributed by atoms with Gasteiger partial charge in [-0.05, 0) is 50.5 Å². The SMILES string of the molecule is C=CC(C)NS(=O)(=O)c1c(C)c(C)cc(N)c1C. The molecule has 0 aliphatic carbocycles. The summed E-state index contributed by atoms with van der Waals surface area (Å²) in [6, 6.07) is 1.47. The minimum atomic E-state index is -3.58. The van der Waals surface area contributed by atoms with Gasteiger partial charge in [0.25, 0.3) is 0 Å². The van der Waals surface area contributed by atoms with E-state index in [-0.39, 0.29) is 10.9 Å². The molecule has 0 heterocycles. The maximum absolute atomic E-state index is 12.3. The molecular weight excluding hydrogens is 248 g/mol. The van der Waals surface area contributed by atoms with Crippen LogP contribution in [0.3, 0.4) is 0 Å². The fourth-order valence-electron chi connectivity index (χ4n) is 1.80. The topological polar surface area (TPSA) is 72.2 Å². The standard InChI is InChI=1S/C13H20N2O2S/c1-6-9(3)15-18(16,17)13-10(4)8(2)7-12(14)11(13)5/h6-7,9,15H,1,14H2,2-5H3. The Morgan fingerprint density at radius 2 is 1.89 bits per heavy atom. The van der Waals surface area contributed by atoms with Crippen molar-refractivity contribution in [2.24, 2.45) is 0 Å². The summed E-state index contributed by atoms with van der Waals surface area (Å²) in [5, 5.41) is 0. The number of nitrogens with one attached hydrogen (secondary N) is 1. The molecule has 0 amide bonds. The van der Waals surface area contributed by atoms with Crippen LogP contribution in [0, 0.1) is 20.8 Å². The first-order valence-corrected chi connectivity index (χ1v) is 7.20. The minimum Gasteiger partial charge on any atom is -0.398 e. The molecule has 4 nitrogen and oxygen atoms in total. The summed E-state index contributed by atoms with van der Waals surface area (Å²) in [7, 11) is -3.58. The van der Waals surface area contributed by atoms with E-state index in [1.165, 1.54) is 0 Å². The normalized spacial score (nSPS) is 13.3. The lowest BCUT2D eigenvalue weighted by atomic mass is 10.1. The van der Waals surface area contributed by atoms with E-state index in [0.717, 1.165) is 11.1 Å². The number of anilines is 1. The second-order valence-corrected chi connectivity index (χ2v) is 6.16. The van der Waals surface area contributed by atoms with Crippen LogP contribution in [0.4, 0.5) is 5.69 Å². The Bertz CT molecular complexity index is 551. The van der Waals surface area contributed by atoms with Gasteiger partial charge in [0.2, 0.25) is 10.0 Å². The van der Waals surface area contributed by atoms with Gasteiger partial charge in [0.15, 0.2) is 0 Å². The second kappa shape index (κ2) is 5.12. The summed E-state index contributed by atoms with van der Waals surface area (Å²) in [5.41, 5.74) is 8.51. The first-order chi connectivity index (χ1) is 8.20. The summed E-state index contributed by atoms with van der Waals surface area (Å²) in [5.74, 6) is 0. The molecule has 1 unspecified atom stereocenters. The summed E-state index contributed by atoms with van der Waals surface area (Å²) in [4.78, 5) is 0.272. The van der Waals surface area contributed by atoms with E-state index in [4.69, 9.17) is 5.73 Å². The van der Waals surface area contributed by atoms with Crippen molar-refractivity contribution in [1.29, 1.82) is 0 Å². The van der Waals surface area contributed by atoms with Crippen molar-refractivity contribution in [3.63, 3.8) is 0 Å². The quantitative estimate of drug-likeness (QED) is 0.648. The van der Waals surface area contributed by atoms with Gasteiger partial charge < -0.3 is 5.73 Å². The third kappa shape index (κ3) is 2.73. The Hall–Kier alpha value is -1.33. The minimum absolute atomic E-state index is 0.272. The van der Waals surface area contributed by atoms with Crippen molar-refractivity contribution >= 4 is 15.7 Å². The Balaban J connectivity index is 3.46. The number of benzene rings is 1. The van der Waals surface area contributed by atoms with Crippen LogP contribution in [-0.4, -0.2) is 14.5 Å². The predicted octanol–water partition coefficient (Wildman–Crippen LogP) is 2.05. The van der Waals surface area contributed by atoms with Gasteiger partial charge in [0.1, 0.15) is 0 Å². The molecule has 5 heteroatoms. The van der Waals surface area contributed by atoms with Gasteiger partial charge in [-0.3, -0.25) is 0 Å². The fourth-order valence-corrected chi connectivity index (χ4v) is 3.58. The molecule has 0 aliphatic rings. The average Bonchev–Trinajstić information content (AvgIpc) is 2.25. The Labute approximate surface area is 109 Å². The Morgan fingerprint density at radius 3 is 2.39 bits per heavy atom. The number of sulfonamides is 1. The molecular formula is C13H20N2O2S. The first-order valence-electron chi connectivity index (χ1n) is 5.72. The van der Waals surface area contributed by atoms with Crippen molar-refractivity contribution in [3.05, 3.63) is 35.4 Å². The highest BCUT2D eigenvalue weighted by Gasteiger charge is 2.23. The molecule has 0 radical (unpaired) electrons. The molecule has 1 rings (SSSR count). The van der Waals surface area contributed by atoms with Crippen molar-refractivity contribution in [1.82, 2.24) is 4.72 Å². The maximum atomic E-state index is 12.3. The van der Waals surface area contributed by atoms with E-state index in [9.17, 15) is 8.42 Å². The van der Waals surface area contributed by atoms with Crippen LogP contribution in [0.15, 0.2) is 23.6 Å². The van der Waals surface area contributed by atoms with Crippen molar-refractivity contribution in [3.8, 4) is 0 Å². The molecule has 18 heavy (non-hydrogen) atoms. The number of nitrogen functional groups attached to an aromatic ring is 1. The van der Waals surface area contributed by atoms with Crippen LogP contribution in [0.5, 0.6) is 0 Å². The van der Waals surface area contributed by atoms with Gasteiger partial charge in [-0.1, -0.05) is 6.08 Å². The monoisotopic (exact) mass is 268 g/mol. The third-order valence-electron chi connectivity index (χ3n) is 3.04. The average molecular weight is 268 g/mol. The molecule has 1 aromatic rings. The van der Waals surface area contributed by atoms with Gasteiger partial charge >= 0.3 is 0 Å². The molecule has 0 spiro atoms. The zero-order valence-electron chi connectivity index (χ0n) is 11.2. The highest BCUT2D eigenvalue weighted by atomic mass is 32.2. The third-order valence-corrected chi connectivity index (χ3v) is 4.87. The van der Waals surface area contributed by atoms with Crippen LogP contribution in [0.25, 0.3) is 0 Å². The van der Waals surface area contributed by atoms with Crippen molar-refractivity contribution in [2.75, 3.05) is 5.73 Å². The molecule has 1 atom stereocenters. The molecule has 0 bridgehead atoms. The molecule has 100 valence electrons. The smallest absolute Gasteiger partial charge is 0.241 e. The lowest BCUT2D eigenvalue weighted by molar-refractivity contribution is 0.575. The summed E-state index contributed by atoms with van der Waals surface area (Å²) in [6.45, 7) is 10.6. The largest absolute Gasteiger partial charge is 0.398 e. The molecule has 1 aromatic carbocycles. The number of hydrogen-bond acceptors (Lipinski definition) is 3. The summed E-state index contributed by atoms with van der Waals surface area (Å²) >= 11 is 0. The van der Waals surface area contributed by atoms with Crippen LogP contribution in [0.1, 0.15) is 23.6 Å². The first kappa shape index (κ1) is 14.7. The van der Waals surface area contributed by atoms with Gasteiger partial charge in [0, 0.05) is 11.7 Å². The zero-order valence-corrected chi connectivity index (χ0v) is 12.1. The predicted molar refractivity (Wildman–Crippen MR) is 75.0 cm³/mol. The number of nitrogens with two attached hydrogens (primary N) is 1. The van der Waals surface area contributed by atoms with Crippen LogP contribution >= 0.6 is 0 Å². The van der Waals surface area contributed by atoms with E-state index in [1.807, 2.05) is 6.92 Å². The summed E-state index contributed by atoms with van der Waals surface area (Å²) in [6.07, 6.45) is 1.54. The lowest BCUT2D eigenvalue weighted by Gasteiger charge is -2.17. The van der Waals surface area contributed by atoms with Crippen LogP contribution < -0.4 is 10.5 Å². The summed E-state index contributed by atoms with van der Waals surface area (Å²) < 4.78 is 27.2. The highest BCUT2D eigenvalue weighted by molar-refractivity contribution is 7.89. The van der Waals surface area contributed by atoms with Gasteiger partial charge in [-0.15, -0.1) is 6.58 Å². The van der Waals surface area contributed by atoms with Gasteiger partial charge in [-0.2, -0.15) is 0 Å². The molecule has 0 fully saturated rings. The second-order valence-electron chi connectivity index (χ2n) is 4.51. The Kier molecular flexibility index (Phi) is 4.19. The molecule has 0 aromatic heterocycles. The van der Waals surface area contributed by atoms with Crippen molar-refractivity contribution < 1.29 is 8.42 Å². The number of aryl methyl sites for hydroxylation is 1. The molecule has 0 saturated carbocycles. The van der Waals surface area contributed by atoms with Gasteiger partial charge in [-0.25, -0.2) is 13.1 Å². The highest BCUT2D eigenvalue weighted by Crippen LogP contribution is 2.27. The van der Waals surface area contributed by atoms with E-state index in [2.05, 4.69) is 11.3 Å². The van der Waals surface area contributed by atoms with Crippen LogP contribution in [0.2, 0.25) is 0 Å². The van der Waals surface area contributed by atoms with E-state index in [1.54, 1.807) is 32.9 Å². The Morgan fingerprint density at radius 1 is 1.33 bits per heavy atom. The van der Waals surface area contributed by atoms with E-state index >= 15 is 0 Å². The fraction of sp³-hybridized carbons (Fsp3) is 0.385. The number of hydrogen-bond donors (Lipinski definition) is 2. The molecule has 3 N–H and O–H groups in total.